The first-order valence-electron chi connectivity index (χ1n) is 11.0. The maximum absolute atomic E-state index is 14.0. The van der Waals surface area contributed by atoms with Crippen LogP contribution in [0.1, 0.15) is 21.5 Å². The van der Waals surface area contributed by atoms with Gasteiger partial charge in [0, 0.05) is 35.3 Å². The van der Waals surface area contributed by atoms with Gasteiger partial charge in [0.15, 0.2) is 17.3 Å². The number of methoxy groups -OCH3 is 3. The Kier molecular flexibility index (Phi) is 9.76. The van der Waals surface area contributed by atoms with Gasteiger partial charge >= 0.3 is 29.6 Å². The fourth-order valence-corrected chi connectivity index (χ4v) is 4.48. The van der Waals surface area contributed by atoms with Gasteiger partial charge in [0.1, 0.15) is 11.0 Å². The Bertz CT molecular complexity index is 1560. The molecule has 0 radical (unpaired) electrons. The number of carbonyl (C=O) groups excluding carboxylic acids is 2. The summed E-state index contributed by atoms with van der Waals surface area (Å²) in [5, 5.41) is 23.6. The van der Waals surface area contributed by atoms with Gasteiger partial charge in [-0.05, 0) is 35.4 Å². The molecule has 0 fully saturated rings. The topological polar surface area (TPSA) is 154 Å². The molecule has 194 valence electrons. The van der Waals surface area contributed by atoms with Crippen LogP contribution in [0.4, 0.5) is 5.69 Å². The minimum absolute atomic E-state index is 0. The number of ketones is 1. The van der Waals surface area contributed by atoms with Crippen molar-refractivity contribution in [2.45, 2.75) is 6.42 Å². The summed E-state index contributed by atoms with van der Waals surface area (Å²) in [5.74, 6) is -1.55. The third kappa shape index (κ3) is 6.25. The number of fused-ring (bicyclic) bond motifs is 1. The Balaban J connectivity index is 0.00000420. The molecule has 39 heavy (non-hydrogen) atoms. The number of nitrogens with zero attached hydrogens (tertiary/aromatic N) is 3. The van der Waals surface area contributed by atoms with Crippen LogP contribution in [0.5, 0.6) is 17.2 Å². The van der Waals surface area contributed by atoms with Crippen molar-refractivity contribution in [2.75, 3.05) is 21.3 Å². The summed E-state index contributed by atoms with van der Waals surface area (Å²) < 4.78 is 24.3. The fraction of sp³-hybridized carbons (Fsp3) is 0.154. The van der Waals surface area contributed by atoms with Crippen LogP contribution in [0.25, 0.3) is 16.6 Å². The van der Waals surface area contributed by atoms with Crippen LogP contribution in [0.2, 0.25) is 0 Å². The van der Waals surface area contributed by atoms with E-state index in [2.05, 4.69) is 8.75 Å². The first kappa shape index (κ1) is 29.7. The van der Waals surface area contributed by atoms with Crippen molar-refractivity contribution in [1.29, 1.82) is 0 Å². The van der Waals surface area contributed by atoms with Gasteiger partial charge in [0.25, 0.3) is 5.69 Å². The third-order valence-electron chi connectivity index (χ3n) is 5.78. The molecule has 3 aromatic carbocycles. The zero-order chi connectivity index (χ0) is 27.4. The van der Waals surface area contributed by atoms with Gasteiger partial charge in [0.2, 0.25) is 5.75 Å². The molecule has 0 bridgehead atoms. The van der Waals surface area contributed by atoms with Gasteiger partial charge in [-0.1, -0.05) is 18.2 Å². The molecule has 0 aliphatic rings. The predicted octanol–water partition coefficient (Wildman–Crippen LogP) is 0.258. The minimum atomic E-state index is -1.58. The summed E-state index contributed by atoms with van der Waals surface area (Å²) in [7, 11) is 4.20. The molecule has 13 heteroatoms. The quantitative estimate of drug-likeness (QED) is 0.0872. The molecule has 0 aliphatic heterocycles. The van der Waals surface area contributed by atoms with E-state index in [-0.39, 0.29) is 81.2 Å². The molecule has 4 rings (SSSR count). The Morgan fingerprint density at radius 3 is 2.03 bits per heavy atom. The van der Waals surface area contributed by atoms with Crippen LogP contribution < -0.4 is 48.9 Å². The molecular weight excluding hydrogens is 537 g/mol. The van der Waals surface area contributed by atoms with Crippen LogP contribution in [-0.2, 0) is 11.2 Å². The fourth-order valence-electron chi connectivity index (χ4n) is 3.96. The normalized spacial score (nSPS) is 11.3. The Labute approximate surface area is 248 Å². The molecule has 0 saturated carbocycles. The molecule has 4 aromatic rings. The molecule has 1 aromatic heterocycles. The van der Waals surface area contributed by atoms with Crippen molar-refractivity contribution in [2.24, 2.45) is 0 Å². The van der Waals surface area contributed by atoms with Gasteiger partial charge in [0.05, 0.1) is 44.0 Å². The van der Waals surface area contributed by atoms with E-state index in [9.17, 15) is 24.8 Å². The number of aromatic nitrogens is 2. The van der Waals surface area contributed by atoms with Crippen molar-refractivity contribution >= 4 is 45.8 Å². The molecule has 0 N–H and O–H groups in total. The molecule has 0 spiro atoms. The van der Waals surface area contributed by atoms with Crippen molar-refractivity contribution in [3.8, 4) is 17.2 Å². The van der Waals surface area contributed by atoms with Crippen LogP contribution in [0.15, 0.2) is 60.2 Å². The molecule has 0 unspecified atom stereocenters. The van der Waals surface area contributed by atoms with Crippen molar-refractivity contribution in [3.05, 3.63) is 87.0 Å². The average molecular weight is 558 g/mol. The van der Waals surface area contributed by atoms with Crippen LogP contribution in [0.3, 0.4) is 0 Å². The van der Waals surface area contributed by atoms with Crippen LogP contribution >= 0.6 is 11.7 Å². The van der Waals surface area contributed by atoms with Gasteiger partial charge in [-0.2, -0.15) is 8.75 Å². The number of non-ortho nitro benzene ring substituents is 1. The first-order chi connectivity index (χ1) is 18.3. The third-order valence-corrected chi connectivity index (χ3v) is 6.33. The molecular formula is C26H20N3NaO8S. The number of nitro groups is 1. The van der Waals surface area contributed by atoms with Crippen molar-refractivity contribution in [1.82, 2.24) is 8.75 Å². The Morgan fingerprint density at radius 2 is 1.49 bits per heavy atom. The number of nitro benzene ring substituents is 1. The molecule has 1 heterocycles. The Hall–Kier alpha value is -3.84. The van der Waals surface area contributed by atoms with Gasteiger partial charge in [-0.15, -0.1) is 0 Å². The summed E-state index contributed by atoms with van der Waals surface area (Å²) in [6.45, 7) is 0. The number of hydrogen-bond donors (Lipinski definition) is 0. The monoisotopic (exact) mass is 557 g/mol. The van der Waals surface area contributed by atoms with E-state index >= 15 is 0 Å². The summed E-state index contributed by atoms with van der Waals surface area (Å²) in [6.07, 6.45) is -0.163. The number of carboxylic acid groups (broad SMARTS) is 1. The first-order valence-corrected chi connectivity index (χ1v) is 11.8. The number of benzene rings is 3. The molecule has 0 aliphatic carbocycles. The average Bonchev–Trinajstić information content (AvgIpc) is 3.39. The smallest absolute Gasteiger partial charge is 0.545 e. The summed E-state index contributed by atoms with van der Waals surface area (Å²) >= 11 is 0.970. The van der Waals surface area contributed by atoms with Crippen molar-refractivity contribution in [3.63, 3.8) is 0 Å². The maximum atomic E-state index is 14.0. The summed E-state index contributed by atoms with van der Waals surface area (Å²) in [5.41, 5.74) is 1.17. The number of ether oxygens (including phenoxy) is 3. The number of allylic oxidation sites excluding steroid dienone is 1. The second-order valence-corrected chi connectivity index (χ2v) is 8.48. The zero-order valence-corrected chi connectivity index (χ0v) is 24.2. The standard InChI is InChI=1S/C26H21N3O8S.Na/c1-35-21-12-16(13-22(36-2)25(21)37-3)24(30)18(10-14-4-7-17(8-5-14)29(33)34)23(26(31)32)15-6-9-19-20(11-15)28-38-27-19;/h4-9,11-13H,10H2,1-3H3,(H,31,32);/q;+1/p-1/b23-18+;. The minimum Gasteiger partial charge on any atom is -0.545 e. The Morgan fingerprint density at radius 1 is 0.872 bits per heavy atom. The van der Waals surface area contributed by atoms with Crippen LogP contribution in [0, 0.1) is 10.1 Å². The zero-order valence-electron chi connectivity index (χ0n) is 21.4. The number of rotatable bonds is 10. The maximum Gasteiger partial charge on any atom is 1.00 e. The van der Waals surface area contributed by atoms with Gasteiger partial charge in [-0.25, -0.2) is 0 Å². The molecule has 0 atom stereocenters. The largest absolute Gasteiger partial charge is 1.00 e. The van der Waals surface area contributed by atoms with Crippen molar-refractivity contribution < 1.29 is 63.4 Å². The van der Waals surface area contributed by atoms with E-state index in [0.29, 0.717) is 16.6 Å². The van der Waals surface area contributed by atoms with E-state index in [1.54, 1.807) is 6.07 Å². The number of carboxylic acids is 1. The van der Waals surface area contributed by atoms with E-state index in [1.807, 2.05) is 0 Å². The molecule has 0 saturated heterocycles. The molecule has 0 amide bonds. The van der Waals surface area contributed by atoms with E-state index in [0.717, 1.165) is 11.7 Å². The number of hydrogen-bond acceptors (Lipinski definition) is 11. The number of Topliss-reactive ketones (excluding diaryl/α,β-unsaturated/α-hetero) is 1. The summed E-state index contributed by atoms with van der Waals surface area (Å²) in [6, 6.07) is 13.0. The second-order valence-electron chi connectivity index (χ2n) is 7.95. The van der Waals surface area contributed by atoms with Gasteiger partial charge in [-0.3, -0.25) is 14.9 Å². The SMILES string of the molecule is COc1cc(C(=O)/C(Cc2ccc([N+](=O)[O-])cc2)=C(/C(=O)[O-])c2ccc3nsnc3c2)cc(OC)c1OC.[Na+]. The van der Waals surface area contributed by atoms with E-state index in [4.69, 9.17) is 14.2 Å². The predicted molar refractivity (Wildman–Crippen MR) is 137 cm³/mol. The van der Waals surface area contributed by atoms with E-state index < -0.39 is 16.7 Å². The number of carbonyl (C=O) groups is 2. The van der Waals surface area contributed by atoms with E-state index in [1.165, 1.54) is 69.9 Å². The second kappa shape index (κ2) is 12.8. The summed E-state index contributed by atoms with van der Waals surface area (Å²) in [4.78, 5) is 37.0. The number of aliphatic carboxylic acids is 1. The van der Waals surface area contributed by atoms with Gasteiger partial charge < -0.3 is 24.1 Å². The van der Waals surface area contributed by atoms with Crippen LogP contribution in [-0.4, -0.2) is 46.8 Å². The molecule has 11 nitrogen and oxygen atoms in total.